The number of rotatable bonds is 8. The molecule has 7 heteroatoms. The van der Waals surface area contributed by atoms with E-state index in [4.69, 9.17) is 21.1 Å². The molecule has 124 valence electrons. The van der Waals surface area contributed by atoms with Crippen molar-refractivity contribution in [2.24, 2.45) is 0 Å². The van der Waals surface area contributed by atoms with E-state index in [1.54, 1.807) is 0 Å². The topological polar surface area (TPSA) is 64.6 Å². The lowest BCUT2D eigenvalue weighted by atomic mass is 10.2. The minimum absolute atomic E-state index is 0.0892. The van der Waals surface area contributed by atoms with Gasteiger partial charge in [0.2, 0.25) is 10.0 Å². The molecule has 0 amide bonds. The van der Waals surface area contributed by atoms with Crippen LogP contribution in [0.1, 0.15) is 5.56 Å². The average Bonchev–Trinajstić information content (AvgIpc) is 2.55. The summed E-state index contributed by atoms with van der Waals surface area (Å²) >= 11 is 5.95. The van der Waals surface area contributed by atoms with Gasteiger partial charge in [-0.05, 0) is 23.8 Å². The van der Waals surface area contributed by atoms with E-state index in [-0.39, 0.29) is 23.1 Å². The molecule has 0 unspecified atom stereocenters. The summed E-state index contributed by atoms with van der Waals surface area (Å²) in [5.74, 6) is 0.428. The normalized spacial score (nSPS) is 11.4. The van der Waals surface area contributed by atoms with Crippen molar-refractivity contribution < 1.29 is 17.9 Å². The Morgan fingerprint density at radius 1 is 1.13 bits per heavy atom. The Labute approximate surface area is 141 Å². The first-order valence-corrected chi connectivity index (χ1v) is 8.84. The van der Waals surface area contributed by atoms with Crippen molar-refractivity contribution in [3.8, 4) is 5.75 Å². The fourth-order valence-corrected chi connectivity index (χ4v) is 3.27. The lowest BCUT2D eigenvalue weighted by Crippen LogP contribution is -2.27. The summed E-state index contributed by atoms with van der Waals surface area (Å²) in [6.45, 7) is 0.897. The van der Waals surface area contributed by atoms with Gasteiger partial charge in [-0.2, -0.15) is 0 Å². The van der Waals surface area contributed by atoms with Gasteiger partial charge in [-0.3, -0.25) is 0 Å². The molecule has 0 bridgehead atoms. The molecular formula is C16H18ClNO4S. The van der Waals surface area contributed by atoms with Gasteiger partial charge in [0.25, 0.3) is 0 Å². The molecule has 0 spiro atoms. The van der Waals surface area contributed by atoms with Crippen LogP contribution in [0.2, 0.25) is 5.02 Å². The molecule has 0 saturated heterocycles. The van der Waals surface area contributed by atoms with Crippen LogP contribution in [0.4, 0.5) is 0 Å². The van der Waals surface area contributed by atoms with Crippen molar-refractivity contribution >= 4 is 21.6 Å². The van der Waals surface area contributed by atoms with E-state index in [2.05, 4.69) is 4.72 Å². The van der Waals surface area contributed by atoms with Crippen molar-refractivity contribution in [1.29, 1.82) is 0 Å². The van der Waals surface area contributed by atoms with Gasteiger partial charge in [0, 0.05) is 6.54 Å². The molecule has 0 fully saturated rings. The van der Waals surface area contributed by atoms with Crippen molar-refractivity contribution in [2.45, 2.75) is 11.5 Å². The molecule has 2 aromatic rings. The van der Waals surface area contributed by atoms with E-state index in [0.29, 0.717) is 12.4 Å². The maximum absolute atomic E-state index is 12.2. The van der Waals surface area contributed by atoms with E-state index in [1.165, 1.54) is 25.3 Å². The predicted molar refractivity (Wildman–Crippen MR) is 89.3 cm³/mol. The van der Waals surface area contributed by atoms with Crippen molar-refractivity contribution in [3.05, 3.63) is 59.1 Å². The summed E-state index contributed by atoms with van der Waals surface area (Å²) in [6, 6.07) is 14.0. The number of halogens is 1. The molecule has 2 rings (SSSR count). The predicted octanol–water partition coefficient (Wildman–Crippen LogP) is 2.84. The number of sulfonamides is 1. The SMILES string of the molecule is COc1ccc(S(=O)(=O)NCCOCc2ccccc2)cc1Cl. The van der Waals surface area contributed by atoms with Crippen molar-refractivity contribution in [1.82, 2.24) is 4.72 Å². The summed E-state index contributed by atoms with van der Waals surface area (Å²) in [4.78, 5) is 0.0892. The molecule has 0 aliphatic rings. The molecule has 23 heavy (non-hydrogen) atoms. The van der Waals surface area contributed by atoms with E-state index in [1.807, 2.05) is 30.3 Å². The van der Waals surface area contributed by atoms with Crippen molar-refractivity contribution in [2.75, 3.05) is 20.3 Å². The summed E-state index contributed by atoms with van der Waals surface area (Å²) in [5, 5.41) is 0.246. The standard InChI is InChI=1S/C16H18ClNO4S/c1-21-16-8-7-14(11-15(16)17)23(19,20)18-9-10-22-12-13-5-3-2-4-6-13/h2-8,11,18H,9-10,12H2,1H3. The lowest BCUT2D eigenvalue weighted by Gasteiger charge is -2.09. The van der Waals surface area contributed by atoms with Crippen LogP contribution < -0.4 is 9.46 Å². The molecule has 0 radical (unpaired) electrons. The third-order valence-corrected chi connectivity index (χ3v) is 4.84. The third kappa shape index (κ3) is 5.21. The maximum Gasteiger partial charge on any atom is 0.240 e. The van der Waals surface area contributed by atoms with Gasteiger partial charge in [0.15, 0.2) is 0 Å². The first-order valence-electron chi connectivity index (χ1n) is 6.98. The van der Waals surface area contributed by atoms with Gasteiger partial charge < -0.3 is 9.47 Å². The second-order valence-corrected chi connectivity index (χ2v) is 6.91. The number of hydrogen-bond acceptors (Lipinski definition) is 4. The smallest absolute Gasteiger partial charge is 0.240 e. The lowest BCUT2D eigenvalue weighted by molar-refractivity contribution is 0.126. The Bertz CT molecular complexity index is 735. The van der Waals surface area contributed by atoms with Gasteiger partial charge >= 0.3 is 0 Å². The zero-order valence-electron chi connectivity index (χ0n) is 12.7. The fourth-order valence-electron chi connectivity index (χ4n) is 1.91. The molecule has 0 aliphatic heterocycles. The van der Waals surface area contributed by atoms with Crippen LogP contribution in [-0.2, 0) is 21.4 Å². The van der Waals surface area contributed by atoms with E-state index in [9.17, 15) is 8.42 Å². The molecule has 0 aliphatic carbocycles. The molecule has 0 aromatic heterocycles. The Balaban J connectivity index is 1.83. The summed E-state index contributed by atoms with van der Waals surface area (Å²) in [7, 11) is -2.15. The van der Waals surface area contributed by atoms with Gasteiger partial charge in [-0.1, -0.05) is 41.9 Å². The summed E-state index contributed by atoms with van der Waals surface area (Å²) in [6.07, 6.45) is 0. The first-order chi connectivity index (χ1) is 11.0. The van der Waals surface area contributed by atoms with Gasteiger partial charge in [0.1, 0.15) is 5.75 Å². The second-order valence-electron chi connectivity index (χ2n) is 4.73. The average molecular weight is 356 g/mol. The molecule has 5 nitrogen and oxygen atoms in total. The molecule has 1 N–H and O–H groups in total. The Morgan fingerprint density at radius 2 is 1.87 bits per heavy atom. The van der Waals surface area contributed by atoms with Crippen LogP contribution in [-0.4, -0.2) is 28.7 Å². The Morgan fingerprint density at radius 3 is 2.52 bits per heavy atom. The Hall–Kier alpha value is -1.60. The van der Waals surface area contributed by atoms with Gasteiger partial charge in [-0.15, -0.1) is 0 Å². The molecule has 0 saturated carbocycles. The van der Waals surface area contributed by atoms with Gasteiger partial charge in [-0.25, -0.2) is 13.1 Å². The zero-order chi connectivity index (χ0) is 16.7. The number of ether oxygens (including phenoxy) is 2. The molecule has 0 atom stereocenters. The number of hydrogen-bond donors (Lipinski definition) is 1. The van der Waals surface area contributed by atoms with Crippen LogP contribution in [0.5, 0.6) is 5.75 Å². The van der Waals surface area contributed by atoms with Crippen molar-refractivity contribution in [3.63, 3.8) is 0 Å². The van der Waals surface area contributed by atoms with E-state index < -0.39 is 10.0 Å². The van der Waals surface area contributed by atoms with E-state index in [0.717, 1.165) is 5.56 Å². The second kappa shape index (κ2) is 8.31. The highest BCUT2D eigenvalue weighted by Crippen LogP contribution is 2.26. The van der Waals surface area contributed by atoms with Crippen LogP contribution in [0, 0.1) is 0 Å². The monoisotopic (exact) mass is 355 g/mol. The Kier molecular flexibility index (Phi) is 6.41. The van der Waals surface area contributed by atoms with Crippen LogP contribution in [0.25, 0.3) is 0 Å². The van der Waals surface area contributed by atoms with Crippen LogP contribution in [0.3, 0.4) is 0 Å². The summed E-state index contributed by atoms with van der Waals surface area (Å²) in [5.41, 5.74) is 1.04. The molecule has 2 aromatic carbocycles. The largest absolute Gasteiger partial charge is 0.495 e. The number of nitrogens with one attached hydrogen (secondary N) is 1. The number of methoxy groups -OCH3 is 1. The molecular weight excluding hydrogens is 338 g/mol. The minimum atomic E-state index is -3.62. The quantitative estimate of drug-likeness (QED) is 0.739. The number of benzene rings is 2. The van der Waals surface area contributed by atoms with E-state index >= 15 is 0 Å². The highest BCUT2D eigenvalue weighted by atomic mass is 35.5. The third-order valence-electron chi connectivity index (χ3n) is 3.08. The zero-order valence-corrected chi connectivity index (χ0v) is 14.2. The maximum atomic E-state index is 12.2. The highest BCUT2D eigenvalue weighted by molar-refractivity contribution is 7.89. The highest BCUT2D eigenvalue weighted by Gasteiger charge is 2.15. The van der Waals surface area contributed by atoms with Gasteiger partial charge in [0.05, 0.1) is 30.2 Å². The van der Waals surface area contributed by atoms with Crippen LogP contribution in [0.15, 0.2) is 53.4 Å². The first kappa shape index (κ1) is 17.7. The fraction of sp³-hybridized carbons (Fsp3) is 0.250. The molecule has 0 heterocycles. The minimum Gasteiger partial charge on any atom is -0.495 e. The summed E-state index contributed by atoms with van der Waals surface area (Å²) < 4.78 is 37.2. The van der Waals surface area contributed by atoms with Crippen LogP contribution >= 0.6 is 11.6 Å².